The lowest BCUT2D eigenvalue weighted by Gasteiger charge is -2.09. The molecule has 8 heteroatoms. The first-order valence-electron chi connectivity index (χ1n) is 4.98. The predicted octanol–water partition coefficient (Wildman–Crippen LogP) is 4.17. The van der Waals surface area contributed by atoms with Gasteiger partial charge in [0, 0.05) is 19.6 Å². The van der Waals surface area contributed by atoms with Crippen molar-refractivity contribution in [3.05, 3.63) is 49.9 Å². The van der Waals surface area contributed by atoms with E-state index >= 15 is 0 Å². The minimum Gasteiger partial charge on any atom is -0.263 e. The van der Waals surface area contributed by atoms with Crippen molar-refractivity contribution in [1.82, 2.24) is 4.98 Å². The molecule has 0 aliphatic carbocycles. The van der Waals surface area contributed by atoms with E-state index in [4.69, 9.17) is 0 Å². The molecule has 1 aromatic carbocycles. The van der Waals surface area contributed by atoms with Crippen LogP contribution in [-0.2, 0) is 10.0 Å². The van der Waals surface area contributed by atoms with E-state index in [0.29, 0.717) is 8.95 Å². The largest absolute Gasteiger partial charge is 0.264 e. The molecule has 19 heavy (non-hydrogen) atoms. The molecule has 1 heterocycles. The fourth-order valence-electron chi connectivity index (χ4n) is 1.34. The van der Waals surface area contributed by atoms with Crippen LogP contribution in [0.25, 0.3) is 0 Å². The Morgan fingerprint density at radius 1 is 1.00 bits per heavy atom. The zero-order chi connectivity index (χ0) is 14.0. The number of anilines is 1. The number of benzene rings is 1. The quantitative estimate of drug-likeness (QED) is 0.732. The van der Waals surface area contributed by atoms with Crippen molar-refractivity contribution in [3.8, 4) is 0 Å². The van der Waals surface area contributed by atoms with Gasteiger partial charge < -0.3 is 0 Å². The van der Waals surface area contributed by atoms with Crippen molar-refractivity contribution in [2.45, 2.75) is 4.90 Å². The van der Waals surface area contributed by atoms with Gasteiger partial charge >= 0.3 is 0 Å². The first kappa shape index (κ1) is 15.0. The zero-order valence-electron chi connectivity index (χ0n) is 9.27. The summed E-state index contributed by atoms with van der Waals surface area (Å²) in [6.07, 6.45) is 1.51. The first-order valence-corrected chi connectivity index (χ1v) is 8.84. The lowest BCUT2D eigenvalue weighted by Crippen LogP contribution is -2.14. The summed E-state index contributed by atoms with van der Waals surface area (Å²) in [6.45, 7) is 0. The number of hydrogen-bond donors (Lipinski definition) is 1. The molecule has 0 aliphatic heterocycles. The summed E-state index contributed by atoms with van der Waals surface area (Å²) in [5.41, 5.74) is 0. The summed E-state index contributed by atoms with van der Waals surface area (Å²) in [6, 6.07) is 8.23. The third-order valence-corrected chi connectivity index (χ3v) is 5.48. The molecule has 100 valence electrons. The SMILES string of the molecule is O=S(=O)(Nc1cc(Br)ccn1)c1cc(Br)ccc1Br. The van der Waals surface area contributed by atoms with E-state index in [9.17, 15) is 8.42 Å². The van der Waals surface area contributed by atoms with Gasteiger partial charge in [-0.2, -0.15) is 0 Å². The number of halogens is 3. The Bertz CT molecular complexity index is 720. The molecular formula is C11H7Br3N2O2S. The molecule has 1 N–H and O–H groups in total. The number of pyridine rings is 1. The highest BCUT2D eigenvalue weighted by Gasteiger charge is 2.18. The van der Waals surface area contributed by atoms with E-state index in [0.717, 1.165) is 4.47 Å². The molecule has 0 radical (unpaired) electrons. The smallest absolute Gasteiger partial charge is 0.263 e. The summed E-state index contributed by atoms with van der Waals surface area (Å²) in [5.74, 6) is 0.251. The van der Waals surface area contributed by atoms with Crippen molar-refractivity contribution in [3.63, 3.8) is 0 Å². The van der Waals surface area contributed by atoms with E-state index in [1.807, 2.05) is 0 Å². The Morgan fingerprint density at radius 2 is 1.68 bits per heavy atom. The van der Waals surface area contributed by atoms with Crippen molar-refractivity contribution in [2.75, 3.05) is 4.72 Å². The molecule has 0 bridgehead atoms. The van der Waals surface area contributed by atoms with Gasteiger partial charge in [0.05, 0.1) is 0 Å². The number of nitrogens with zero attached hydrogens (tertiary/aromatic N) is 1. The minimum atomic E-state index is -3.69. The summed E-state index contributed by atoms with van der Waals surface area (Å²) in [7, 11) is -3.69. The average Bonchev–Trinajstić information content (AvgIpc) is 2.31. The number of hydrogen-bond acceptors (Lipinski definition) is 3. The van der Waals surface area contributed by atoms with Crippen LogP contribution >= 0.6 is 47.8 Å². The average molecular weight is 471 g/mol. The van der Waals surface area contributed by atoms with Gasteiger partial charge in [-0.25, -0.2) is 13.4 Å². The molecule has 0 unspecified atom stereocenters. The van der Waals surface area contributed by atoms with E-state index in [1.165, 1.54) is 12.3 Å². The molecule has 0 amide bonds. The van der Waals surface area contributed by atoms with Crippen molar-refractivity contribution in [2.24, 2.45) is 0 Å². The number of sulfonamides is 1. The Morgan fingerprint density at radius 3 is 2.37 bits per heavy atom. The Labute approximate surface area is 136 Å². The van der Waals surface area contributed by atoms with Crippen LogP contribution in [-0.4, -0.2) is 13.4 Å². The molecule has 0 aliphatic rings. The number of nitrogens with one attached hydrogen (secondary N) is 1. The molecule has 2 aromatic rings. The lowest BCUT2D eigenvalue weighted by atomic mass is 10.4. The second-order valence-electron chi connectivity index (χ2n) is 3.54. The monoisotopic (exact) mass is 468 g/mol. The predicted molar refractivity (Wildman–Crippen MR) is 84.6 cm³/mol. The molecule has 2 rings (SSSR count). The molecule has 0 spiro atoms. The highest BCUT2D eigenvalue weighted by Crippen LogP contribution is 2.27. The molecule has 4 nitrogen and oxygen atoms in total. The molecule has 0 atom stereocenters. The van der Waals surface area contributed by atoms with E-state index < -0.39 is 10.0 Å². The van der Waals surface area contributed by atoms with E-state index in [1.54, 1.807) is 24.3 Å². The third kappa shape index (κ3) is 3.77. The molecule has 0 saturated carbocycles. The highest BCUT2D eigenvalue weighted by molar-refractivity contribution is 9.11. The maximum Gasteiger partial charge on any atom is 0.264 e. The standard InChI is InChI=1S/C11H7Br3N2O2S/c12-7-1-2-9(14)10(5-7)19(17,18)16-11-6-8(13)3-4-15-11/h1-6H,(H,15,16). The summed E-state index contributed by atoms with van der Waals surface area (Å²) >= 11 is 9.73. The second kappa shape index (κ2) is 5.90. The van der Waals surface area contributed by atoms with Crippen LogP contribution in [0.15, 0.2) is 54.8 Å². The Hall–Kier alpha value is -0.440. The van der Waals surface area contributed by atoms with E-state index in [-0.39, 0.29) is 10.7 Å². The van der Waals surface area contributed by atoms with Gasteiger partial charge in [0.1, 0.15) is 10.7 Å². The van der Waals surface area contributed by atoms with Crippen molar-refractivity contribution < 1.29 is 8.42 Å². The van der Waals surface area contributed by atoms with Crippen LogP contribution in [0.5, 0.6) is 0 Å². The fourth-order valence-corrected chi connectivity index (χ4v) is 4.17. The van der Waals surface area contributed by atoms with E-state index in [2.05, 4.69) is 57.5 Å². The van der Waals surface area contributed by atoms with Crippen LogP contribution in [0.1, 0.15) is 0 Å². The molecule has 0 fully saturated rings. The van der Waals surface area contributed by atoms with Crippen LogP contribution in [0.4, 0.5) is 5.82 Å². The second-order valence-corrected chi connectivity index (χ2v) is 7.88. The van der Waals surface area contributed by atoms with Crippen LogP contribution < -0.4 is 4.72 Å². The van der Waals surface area contributed by atoms with Crippen molar-refractivity contribution in [1.29, 1.82) is 0 Å². The molecular weight excluding hydrogens is 464 g/mol. The number of aromatic nitrogens is 1. The Balaban J connectivity index is 2.40. The van der Waals surface area contributed by atoms with Gasteiger partial charge in [-0.1, -0.05) is 31.9 Å². The maximum absolute atomic E-state index is 12.3. The van der Waals surface area contributed by atoms with Crippen LogP contribution in [0, 0.1) is 0 Å². The molecule has 0 saturated heterocycles. The fraction of sp³-hybridized carbons (Fsp3) is 0. The summed E-state index contributed by atoms with van der Waals surface area (Å²) < 4.78 is 28.9. The first-order chi connectivity index (χ1) is 8.88. The van der Waals surface area contributed by atoms with Gasteiger partial charge in [-0.15, -0.1) is 0 Å². The maximum atomic E-state index is 12.3. The third-order valence-electron chi connectivity index (χ3n) is 2.14. The van der Waals surface area contributed by atoms with Gasteiger partial charge in [-0.3, -0.25) is 4.72 Å². The van der Waals surface area contributed by atoms with Gasteiger partial charge in [0.25, 0.3) is 10.0 Å². The van der Waals surface area contributed by atoms with Crippen LogP contribution in [0.3, 0.4) is 0 Å². The van der Waals surface area contributed by atoms with Crippen LogP contribution in [0.2, 0.25) is 0 Å². The zero-order valence-corrected chi connectivity index (χ0v) is 14.8. The minimum absolute atomic E-state index is 0.142. The highest BCUT2D eigenvalue weighted by atomic mass is 79.9. The summed E-state index contributed by atoms with van der Waals surface area (Å²) in [5, 5.41) is 0. The Kier molecular flexibility index (Phi) is 4.65. The summed E-state index contributed by atoms with van der Waals surface area (Å²) in [4.78, 5) is 4.10. The normalized spacial score (nSPS) is 11.3. The van der Waals surface area contributed by atoms with Gasteiger partial charge in [0.15, 0.2) is 0 Å². The van der Waals surface area contributed by atoms with Gasteiger partial charge in [-0.05, 0) is 46.3 Å². The topological polar surface area (TPSA) is 59.1 Å². The van der Waals surface area contributed by atoms with Crippen molar-refractivity contribution >= 4 is 63.6 Å². The molecule has 1 aromatic heterocycles. The van der Waals surface area contributed by atoms with Gasteiger partial charge in [0.2, 0.25) is 0 Å². The number of rotatable bonds is 3. The lowest BCUT2D eigenvalue weighted by molar-refractivity contribution is 0.600.